The summed E-state index contributed by atoms with van der Waals surface area (Å²) in [6.45, 7) is 9.25. The van der Waals surface area contributed by atoms with Crippen LogP contribution in [-0.2, 0) is 9.59 Å². The maximum Gasteiger partial charge on any atom is 0.327 e. The Morgan fingerprint density at radius 1 is 1.16 bits per heavy atom. The van der Waals surface area contributed by atoms with Crippen molar-refractivity contribution in [2.45, 2.75) is 63.1 Å². The van der Waals surface area contributed by atoms with Gasteiger partial charge < -0.3 is 20.0 Å². The third-order valence-corrected chi connectivity index (χ3v) is 9.91. The normalized spacial score (nSPS) is 19.8. The minimum Gasteiger partial charge on any atom is -0.381 e. The number of likely N-dealkylation sites (tertiary alicyclic amines) is 1. The molecule has 3 aromatic rings. The van der Waals surface area contributed by atoms with E-state index in [0.29, 0.717) is 50.4 Å². The van der Waals surface area contributed by atoms with Crippen LogP contribution in [0.4, 0.5) is 10.1 Å². The number of aromatic nitrogens is 3. The van der Waals surface area contributed by atoms with E-state index in [9.17, 15) is 14.4 Å². The van der Waals surface area contributed by atoms with Gasteiger partial charge in [0.2, 0.25) is 11.8 Å². The number of likely N-dealkylation sites (N-methyl/N-ethyl adjacent to an activating group) is 1. The van der Waals surface area contributed by atoms with E-state index in [-0.39, 0.29) is 41.2 Å². The van der Waals surface area contributed by atoms with Crippen LogP contribution in [0, 0.1) is 11.2 Å². The summed E-state index contributed by atoms with van der Waals surface area (Å²) in [4.78, 5) is 52.8. The van der Waals surface area contributed by atoms with Crippen LogP contribution in [0.15, 0.2) is 41.3 Å². The van der Waals surface area contributed by atoms with Gasteiger partial charge in [-0.05, 0) is 57.0 Å². The molecule has 0 aliphatic carbocycles. The Morgan fingerprint density at radius 2 is 1.91 bits per heavy atom. The largest absolute Gasteiger partial charge is 0.381 e. The number of amides is 2. The molecule has 1 aromatic carbocycles. The molecule has 0 saturated carbocycles. The molecular formula is C32H44FN7O3S. The number of halogens is 1. The molecule has 2 atom stereocenters. The molecule has 2 fully saturated rings. The van der Waals surface area contributed by atoms with Gasteiger partial charge in [-0.3, -0.25) is 19.1 Å². The molecule has 10 nitrogen and oxygen atoms in total. The quantitative estimate of drug-likeness (QED) is 0.343. The Kier molecular flexibility index (Phi) is 9.69. The van der Waals surface area contributed by atoms with Gasteiger partial charge >= 0.3 is 5.69 Å². The zero-order chi connectivity index (χ0) is 31.6. The number of aromatic amines is 1. The van der Waals surface area contributed by atoms with E-state index in [0.717, 1.165) is 24.0 Å². The number of rotatable bonds is 10. The predicted molar refractivity (Wildman–Crippen MR) is 173 cm³/mol. The highest BCUT2D eigenvalue weighted by Crippen LogP contribution is 2.47. The first kappa shape index (κ1) is 32.0. The number of piperidine rings is 1. The molecule has 2 aromatic heterocycles. The van der Waals surface area contributed by atoms with Crippen LogP contribution in [0.1, 0.15) is 63.4 Å². The fraction of sp³-hybridized carbons (Fsp3) is 0.562. The number of benzene rings is 1. The fourth-order valence-electron chi connectivity index (χ4n) is 5.97. The van der Waals surface area contributed by atoms with E-state index in [1.165, 1.54) is 17.8 Å². The Labute approximate surface area is 262 Å². The van der Waals surface area contributed by atoms with Crippen LogP contribution in [0.5, 0.6) is 0 Å². The van der Waals surface area contributed by atoms with Crippen LogP contribution in [0.2, 0.25) is 0 Å². The number of hydrogen-bond acceptors (Lipinski definition) is 7. The molecule has 2 N–H and O–H groups in total. The smallest absolute Gasteiger partial charge is 0.327 e. The number of para-hydroxylation sites is 1. The molecule has 2 saturated heterocycles. The first-order valence-corrected chi connectivity index (χ1v) is 16.3. The van der Waals surface area contributed by atoms with Gasteiger partial charge in [-0.15, -0.1) is 11.8 Å². The van der Waals surface area contributed by atoms with Gasteiger partial charge in [0.05, 0.1) is 16.5 Å². The second-order valence-corrected chi connectivity index (χ2v) is 14.5. The van der Waals surface area contributed by atoms with Crippen molar-refractivity contribution in [1.29, 1.82) is 0 Å². The minimum atomic E-state index is -0.551. The summed E-state index contributed by atoms with van der Waals surface area (Å²) >= 11 is 1.44. The van der Waals surface area contributed by atoms with Crippen molar-refractivity contribution < 1.29 is 14.0 Å². The summed E-state index contributed by atoms with van der Waals surface area (Å²) in [5.41, 5.74) is 2.29. The molecule has 5 rings (SSSR count). The Bertz CT molecular complexity index is 1540. The minimum absolute atomic E-state index is 0.00525. The van der Waals surface area contributed by atoms with Gasteiger partial charge in [0.25, 0.3) is 0 Å². The first-order chi connectivity index (χ1) is 20.9. The molecule has 0 radical (unpaired) electrons. The average molecular weight is 626 g/mol. The van der Waals surface area contributed by atoms with Crippen molar-refractivity contribution in [1.82, 2.24) is 29.2 Å². The maximum absolute atomic E-state index is 15.1. The van der Waals surface area contributed by atoms with Crippen molar-refractivity contribution in [3.8, 4) is 0 Å². The molecule has 2 amide bonds. The van der Waals surface area contributed by atoms with Crippen molar-refractivity contribution in [2.75, 3.05) is 52.1 Å². The van der Waals surface area contributed by atoms with Gasteiger partial charge in [0.15, 0.2) is 5.65 Å². The zero-order valence-electron chi connectivity index (χ0n) is 26.3. The number of nitrogens with one attached hydrogen (secondary N) is 2. The molecular weight excluding hydrogens is 581 g/mol. The molecule has 4 heterocycles. The number of nitrogens with zero attached hydrogens (tertiary/aromatic N) is 5. The molecule has 238 valence electrons. The summed E-state index contributed by atoms with van der Waals surface area (Å²) in [6, 6.07) is 8.67. The molecule has 0 bridgehead atoms. The highest BCUT2D eigenvalue weighted by molar-refractivity contribution is 8.01. The van der Waals surface area contributed by atoms with Crippen molar-refractivity contribution in [2.24, 2.45) is 5.41 Å². The van der Waals surface area contributed by atoms with Gasteiger partial charge in [-0.1, -0.05) is 32.9 Å². The van der Waals surface area contributed by atoms with E-state index in [2.05, 4.69) is 36.1 Å². The van der Waals surface area contributed by atoms with E-state index < -0.39 is 10.6 Å². The third kappa shape index (κ3) is 7.12. The van der Waals surface area contributed by atoms with E-state index in [1.807, 2.05) is 47.0 Å². The van der Waals surface area contributed by atoms with Gasteiger partial charge in [-0.2, -0.15) is 0 Å². The molecule has 12 heteroatoms. The number of pyridine rings is 1. The van der Waals surface area contributed by atoms with Crippen molar-refractivity contribution in [3.63, 3.8) is 0 Å². The molecule has 1 unspecified atom stereocenters. The Morgan fingerprint density at radius 3 is 2.61 bits per heavy atom. The zero-order valence-corrected chi connectivity index (χ0v) is 27.1. The Balaban J connectivity index is 1.29. The van der Waals surface area contributed by atoms with Gasteiger partial charge in [-0.25, -0.2) is 14.2 Å². The number of carbonyl (C=O) groups is 2. The average Bonchev–Trinajstić information content (AvgIpc) is 3.47. The number of carbonyl (C=O) groups excluding carboxylic acids is 2. The lowest BCUT2D eigenvalue weighted by Gasteiger charge is -2.33. The van der Waals surface area contributed by atoms with E-state index in [1.54, 1.807) is 16.8 Å². The van der Waals surface area contributed by atoms with Gasteiger partial charge in [0, 0.05) is 56.9 Å². The van der Waals surface area contributed by atoms with Crippen LogP contribution >= 0.6 is 11.8 Å². The first-order valence-electron chi connectivity index (χ1n) is 15.4. The topological polar surface area (TPSA) is 107 Å². The summed E-state index contributed by atoms with van der Waals surface area (Å²) in [6.07, 6.45) is 3.81. The van der Waals surface area contributed by atoms with Crippen LogP contribution in [-0.4, -0.2) is 93.1 Å². The summed E-state index contributed by atoms with van der Waals surface area (Å²) in [7, 11) is 3.93. The standard InChI is InChI=1S/C32H44FN7O3S/c1-32(2,3)13-18-39-29(42)25(44-30(39)22-8-6-9-23(33)27(22)34-15-19-37(4)5)20-26(41)38-16-11-21(12-17-38)40-24-10-7-14-35-28(24)36-31(40)43/h6-10,14,21,25,30,34H,11-13,15-20H2,1-5H3,(H,35,36,43)/t25-,30?/m0/s1. The number of fused-ring (bicyclic) bond motifs is 1. The lowest BCUT2D eigenvalue weighted by molar-refractivity contribution is -0.136. The van der Waals surface area contributed by atoms with Crippen LogP contribution in [0.25, 0.3) is 11.2 Å². The van der Waals surface area contributed by atoms with Crippen LogP contribution < -0.4 is 11.0 Å². The number of anilines is 1. The van der Waals surface area contributed by atoms with Crippen LogP contribution in [0.3, 0.4) is 0 Å². The molecule has 2 aliphatic rings. The van der Waals surface area contributed by atoms with Crippen molar-refractivity contribution >= 4 is 40.4 Å². The second kappa shape index (κ2) is 13.3. The summed E-state index contributed by atoms with van der Waals surface area (Å²) in [5.74, 6) is -0.492. The van der Waals surface area contributed by atoms with E-state index >= 15 is 4.39 Å². The fourth-order valence-corrected chi connectivity index (χ4v) is 7.47. The Hall–Kier alpha value is -3.38. The monoisotopic (exact) mass is 625 g/mol. The molecule has 2 aliphatic heterocycles. The second-order valence-electron chi connectivity index (χ2n) is 13.2. The maximum atomic E-state index is 15.1. The number of thioether (sulfide) groups is 1. The van der Waals surface area contributed by atoms with E-state index in [4.69, 9.17) is 0 Å². The lowest BCUT2D eigenvalue weighted by atomic mass is 9.92. The summed E-state index contributed by atoms with van der Waals surface area (Å²) in [5, 5.41) is 2.32. The predicted octanol–water partition coefficient (Wildman–Crippen LogP) is 4.47. The van der Waals surface area contributed by atoms with Gasteiger partial charge in [0.1, 0.15) is 11.2 Å². The highest BCUT2D eigenvalue weighted by Gasteiger charge is 2.44. The SMILES string of the molecule is CN(C)CCNc1c(F)cccc1C1S[C@@H](CC(=O)N2CCC(n3c(=O)[nH]c4ncccc43)CC2)C(=O)N1CCC(C)(C)C. The number of imidazole rings is 1. The van der Waals surface area contributed by atoms with Crippen molar-refractivity contribution in [3.05, 3.63) is 58.4 Å². The lowest BCUT2D eigenvalue weighted by Crippen LogP contribution is -2.42. The summed E-state index contributed by atoms with van der Waals surface area (Å²) < 4.78 is 16.9. The number of hydrogen-bond donors (Lipinski definition) is 2. The number of H-pyrrole nitrogens is 1. The third-order valence-electron chi connectivity index (χ3n) is 8.44. The molecule has 44 heavy (non-hydrogen) atoms. The highest BCUT2D eigenvalue weighted by atomic mass is 32.2. The molecule has 0 spiro atoms.